The number of alkyl halides is 3. The molecule has 1 aliphatic rings. The van der Waals surface area contributed by atoms with Crippen LogP contribution in [0.1, 0.15) is 34.6 Å². The number of hydrogen-bond acceptors (Lipinski definition) is 3. The van der Waals surface area contributed by atoms with Gasteiger partial charge in [-0.25, -0.2) is 4.98 Å². The molecule has 2 rings (SSSR count). The predicted molar refractivity (Wildman–Crippen MR) is 69.9 cm³/mol. The first-order valence-electron chi connectivity index (χ1n) is 6.67. The van der Waals surface area contributed by atoms with Gasteiger partial charge in [0.1, 0.15) is 5.69 Å². The van der Waals surface area contributed by atoms with E-state index in [-0.39, 0.29) is 25.1 Å². The lowest BCUT2D eigenvalue weighted by Crippen LogP contribution is -2.58. The number of rotatable bonds is 1. The molecule has 1 N–H and O–H groups in total. The molecule has 1 saturated heterocycles. The Morgan fingerprint density at radius 2 is 2.05 bits per heavy atom. The molecule has 1 aromatic heterocycles. The number of halogens is 3. The highest BCUT2D eigenvalue weighted by Crippen LogP contribution is 2.37. The zero-order valence-corrected chi connectivity index (χ0v) is 11.9. The molecule has 0 aromatic carbocycles. The summed E-state index contributed by atoms with van der Waals surface area (Å²) >= 11 is 0. The van der Waals surface area contributed by atoms with E-state index in [4.69, 9.17) is 0 Å². The van der Waals surface area contributed by atoms with Crippen molar-refractivity contribution in [2.24, 2.45) is 0 Å². The van der Waals surface area contributed by atoms with E-state index in [1.807, 2.05) is 6.92 Å². The molecular weight excluding hydrogens is 285 g/mol. The van der Waals surface area contributed by atoms with E-state index in [9.17, 15) is 23.1 Å². The van der Waals surface area contributed by atoms with E-state index in [1.54, 1.807) is 13.0 Å². The summed E-state index contributed by atoms with van der Waals surface area (Å²) in [5, 5.41) is 9.73. The van der Waals surface area contributed by atoms with Crippen LogP contribution in [-0.4, -0.2) is 45.8 Å². The normalized spacial score (nSPS) is 23.2. The highest BCUT2D eigenvalue weighted by atomic mass is 19.4. The fourth-order valence-corrected chi connectivity index (χ4v) is 2.35. The van der Waals surface area contributed by atoms with Crippen LogP contribution >= 0.6 is 0 Å². The van der Waals surface area contributed by atoms with Gasteiger partial charge in [-0.2, -0.15) is 13.2 Å². The van der Waals surface area contributed by atoms with Crippen molar-refractivity contribution in [3.05, 3.63) is 29.1 Å². The van der Waals surface area contributed by atoms with Gasteiger partial charge < -0.3 is 10.0 Å². The second-order valence-corrected chi connectivity index (χ2v) is 5.46. The summed E-state index contributed by atoms with van der Waals surface area (Å²) in [7, 11) is 0. The monoisotopic (exact) mass is 302 g/mol. The standard InChI is InChI=1S/C14H17F3N2O2/c1-9-4-5-11(18-10(9)2)12(20)19-7-3-6-13(21,8-19)14(15,16)17/h4-5,21H,3,6-8H2,1-2H3/t13-/m0/s1. The maximum absolute atomic E-state index is 12.9. The Morgan fingerprint density at radius 3 is 2.62 bits per heavy atom. The Hall–Kier alpha value is -1.63. The number of aryl methyl sites for hydroxylation is 2. The quantitative estimate of drug-likeness (QED) is 0.865. The van der Waals surface area contributed by atoms with Crippen LogP contribution in [0.4, 0.5) is 13.2 Å². The lowest BCUT2D eigenvalue weighted by atomic mass is 9.92. The van der Waals surface area contributed by atoms with Gasteiger partial charge in [0.15, 0.2) is 5.60 Å². The van der Waals surface area contributed by atoms with Gasteiger partial charge in [0.25, 0.3) is 5.91 Å². The number of piperidine rings is 1. The second kappa shape index (κ2) is 5.29. The first-order valence-corrected chi connectivity index (χ1v) is 6.67. The van der Waals surface area contributed by atoms with Crippen LogP contribution in [-0.2, 0) is 0 Å². The number of amides is 1. The molecule has 0 radical (unpaired) electrons. The summed E-state index contributed by atoms with van der Waals surface area (Å²) in [5.74, 6) is -0.583. The maximum atomic E-state index is 12.9. The number of β-amino-alcohol motifs (C(OH)–C–C–N with tert-alkyl or cyclic N) is 1. The van der Waals surface area contributed by atoms with Gasteiger partial charge in [0.05, 0.1) is 6.54 Å². The zero-order valence-electron chi connectivity index (χ0n) is 11.9. The van der Waals surface area contributed by atoms with Gasteiger partial charge in [0, 0.05) is 12.2 Å². The van der Waals surface area contributed by atoms with Gasteiger partial charge in [0.2, 0.25) is 0 Å². The summed E-state index contributed by atoms with van der Waals surface area (Å²) in [6, 6.07) is 3.20. The topological polar surface area (TPSA) is 53.4 Å². The number of pyridine rings is 1. The Morgan fingerprint density at radius 1 is 1.38 bits per heavy atom. The number of nitrogens with zero attached hydrogens (tertiary/aromatic N) is 2. The molecule has 1 aliphatic heterocycles. The van der Waals surface area contributed by atoms with Crippen molar-refractivity contribution in [3.63, 3.8) is 0 Å². The van der Waals surface area contributed by atoms with E-state index in [2.05, 4.69) is 4.98 Å². The third-order valence-corrected chi connectivity index (χ3v) is 3.85. The number of carbonyl (C=O) groups is 1. The Bertz CT molecular complexity index is 560. The number of hydrogen-bond donors (Lipinski definition) is 1. The lowest BCUT2D eigenvalue weighted by molar-refractivity contribution is -0.271. The van der Waals surface area contributed by atoms with Gasteiger partial charge in [-0.15, -0.1) is 0 Å². The third kappa shape index (κ3) is 3.02. The van der Waals surface area contributed by atoms with E-state index in [0.717, 1.165) is 10.5 Å². The van der Waals surface area contributed by atoms with E-state index in [1.165, 1.54) is 6.07 Å². The van der Waals surface area contributed by atoms with Crippen LogP contribution in [0.3, 0.4) is 0 Å². The van der Waals surface area contributed by atoms with Crippen molar-refractivity contribution in [3.8, 4) is 0 Å². The second-order valence-electron chi connectivity index (χ2n) is 5.46. The van der Waals surface area contributed by atoms with Gasteiger partial charge >= 0.3 is 6.18 Å². The van der Waals surface area contributed by atoms with Crippen molar-refractivity contribution in [1.82, 2.24) is 9.88 Å². The fourth-order valence-electron chi connectivity index (χ4n) is 2.35. The minimum atomic E-state index is -4.75. The van der Waals surface area contributed by atoms with Gasteiger partial charge in [-0.3, -0.25) is 4.79 Å². The molecule has 0 aliphatic carbocycles. The molecule has 2 heterocycles. The SMILES string of the molecule is Cc1ccc(C(=O)N2CCC[C@@](O)(C(F)(F)F)C2)nc1C. The first-order chi connectivity index (χ1) is 9.64. The van der Waals surface area contributed by atoms with Crippen molar-refractivity contribution in [2.45, 2.75) is 38.5 Å². The lowest BCUT2D eigenvalue weighted by Gasteiger charge is -2.39. The third-order valence-electron chi connectivity index (χ3n) is 3.85. The molecule has 0 spiro atoms. The summed E-state index contributed by atoms with van der Waals surface area (Å²) in [6.45, 7) is 3.00. The molecule has 116 valence electrons. The minimum absolute atomic E-state index is 0.101. The number of carbonyl (C=O) groups excluding carboxylic acids is 1. The van der Waals surface area contributed by atoms with Gasteiger partial charge in [-0.05, 0) is 38.3 Å². The Balaban J connectivity index is 2.21. The molecule has 1 amide bonds. The average molecular weight is 302 g/mol. The minimum Gasteiger partial charge on any atom is -0.379 e. The largest absolute Gasteiger partial charge is 0.418 e. The summed E-state index contributed by atoms with van der Waals surface area (Å²) in [4.78, 5) is 17.4. The first kappa shape index (κ1) is 15.8. The molecule has 1 atom stereocenters. The molecule has 1 aromatic rings. The van der Waals surface area contributed by atoms with Crippen molar-refractivity contribution in [1.29, 1.82) is 0 Å². The average Bonchev–Trinajstić information content (AvgIpc) is 2.40. The fraction of sp³-hybridized carbons (Fsp3) is 0.571. The molecule has 21 heavy (non-hydrogen) atoms. The van der Waals surface area contributed by atoms with Crippen LogP contribution in [0.2, 0.25) is 0 Å². The Kier molecular flexibility index (Phi) is 3.97. The predicted octanol–water partition coefficient (Wildman–Crippen LogP) is 2.23. The van der Waals surface area contributed by atoms with E-state index >= 15 is 0 Å². The molecule has 0 bridgehead atoms. The summed E-state index contributed by atoms with van der Waals surface area (Å²) in [5.41, 5.74) is -1.17. The molecule has 0 unspecified atom stereocenters. The number of aliphatic hydroxyl groups is 1. The highest BCUT2D eigenvalue weighted by Gasteiger charge is 2.56. The van der Waals surface area contributed by atoms with Crippen LogP contribution in [0.25, 0.3) is 0 Å². The summed E-state index contributed by atoms with van der Waals surface area (Å²) < 4.78 is 38.6. The molecule has 4 nitrogen and oxygen atoms in total. The Labute approximate surface area is 120 Å². The highest BCUT2D eigenvalue weighted by molar-refractivity contribution is 5.92. The summed E-state index contributed by atoms with van der Waals surface area (Å²) in [6.07, 6.45) is -5.03. The zero-order chi connectivity index (χ0) is 15.8. The van der Waals surface area contributed by atoms with Crippen LogP contribution in [0, 0.1) is 13.8 Å². The van der Waals surface area contributed by atoms with Crippen molar-refractivity contribution >= 4 is 5.91 Å². The number of aromatic nitrogens is 1. The molecule has 7 heteroatoms. The number of likely N-dealkylation sites (tertiary alicyclic amines) is 1. The van der Waals surface area contributed by atoms with Crippen molar-refractivity contribution in [2.75, 3.05) is 13.1 Å². The smallest absolute Gasteiger partial charge is 0.379 e. The molecular formula is C14H17F3N2O2. The van der Waals surface area contributed by atoms with Crippen LogP contribution < -0.4 is 0 Å². The maximum Gasteiger partial charge on any atom is 0.418 e. The van der Waals surface area contributed by atoms with Gasteiger partial charge in [-0.1, -0.05) is 6.07 Å². The van der Waals surface area contributed by atoms with Crippen molar-refractivity contribution < 1.29 is 23.1 Å². The molecule has 1 fully saturated rings. The van der Waals surface area contributed by atoms with E-state index < -0.39 is 24.2 Å². The van der Waals surface area contributed by atoms with Crippen LogP contribution in [0.5, 0.6) is 0 Å². The van der Waals surface area contributed by atoms with E-state index in [0.29, 0.717) is 5.69 Å². The van der Waals surface area contributed by atoms with Crippen LogP contribution in [0.15, 0.2) is 12.1 Å². The molecule has 0 saturated carbocycles.